The maximum Gasteiger partial charge on any atom is 0.304 e. The van der Waals surface area contributed by atoms with Crippen molar-refractivity contribution in [2.24, 2.45) is 0 Å². The highest BCUT2D eigenvalue weighted by Crippen LogP contribution is 2.23. The molecule has 5 nitrogen and oxygen atoms in total. The lowest BCUT2D eigenvalue weighted by molar-refractivity contribution is -0.137. The lowest BCUT2D eigenvalue weighted by atomic mass is 10.1. The van der Waals surface area contributed by atoms with Crippen molar-refractivity contribution in [3.63, 3.8) is 0 Å². The third-order valence-corrected chi connectivity index (χ3v) is 4.06. The van der Waals surface area contributed by atoms with E-state index >= 15 is 0 Å². The molecule has 2 rings (SSSR count). The molecule has 0 bridgehead atoms. The Hall–Kier alpha value is -1.59. The molecule has 1 aromatic carbocycles. The average Bonchev–Trinajstić information content (AvgIpc) is 2.44. The van der Waals surface area contributed by atoms with Crippen molar-refractivity contribution in [3.05, 3.63) is 28.8 Å². The lowest BCUT2D eigenvalue weighted by Gasteiger charge is -2.34. The Balaban J connectivity index is 1.85. The van der Waals surface area contributed by atoms with Gasteiger partial charge in [-0.05, 0) is 30.5 Å². The predicted molar refractivity (Wildman–Crippen MR) is 81.6 cm³/mol. The fraction of sp³-hybridized carbons (Fsp3) is 0.562. The van der Waals surface area contributed by atoms with Gasteiger partial charge in [0, 0.05) is 39.3 Å². The van der Waals surface area contributed by atoms with E-state index in [-0.39, 0.29) is 6.42 Å². The van der Waals surface area contributed by atoms with Crippen LogP contribution < -0.4 is 0 Å². The van der Waals surface area contributed by atoms with Crippen molar-refractivity contribution >= 4 is 5.97 Å². The molecular formula is C16H24N2O3. The number of aromatic hydroxyl groups is 1. The van der Waals surface area contributed by atoms with Gasteiger partial charge in [0.25, 0.3) is 0 Å². The Morgan fingerprint density at radius 1 is 1.10 bits per heavy atom. The maximum absolute atomic E-state index is 10.6. The van der Waals surface area contributed by atoms with Crippen LogP contribution in [0.1, 0.15) is 23.1 Å². The van der Waals surface area contributed by atoms with E-state index in [0.717, 1.165) is 43.9 Å². The van der Waals surface area contributed by atoms with E-state index in [9.17, 15) is 9.90 Å². The molecule has 0 unspecified atom stereocenters. The zero-order valence-electron chi connectivity index (χ0n) is 12.8. The van der Waals surface area contributed by atoms with Gasteiger partial charge < -0.3 is 15.1 Å². The molecule has 0 spiro atoms. The number of hydrogen-bond donors (Lipinski definition) is 2. The number of piperazine rings is 1. The molecule has 1 saturated heterocycles. The van der Waals surface area contributed by atoms with Gasteiger partial charge in [0.1, 0.15) is 5.75 Å². The molecule has 1 fully saturated rings. The second-order valence-electron chi connectivity index (χ2n) is 5.84. The maximum atomic E-state index is 10.6. The SMILES string of the molecule is Cc1cc(CN2CCN(CCC(=O)O)CC2)cc(C)c1O. The number of aliphatic carboxylic acids is 1. The predicted octanol–water partition coefficient (Wildman–Crippen LogP) is 1.60. The number of carboxylic acids is 1. The minimum Gasteiger partial charge on any atom is -0.507 e. The van der Waals surface area contributed by atoms with Crippen molar-refractivity contribution in [3.8, 4) is 5.75 Å². The van der Waals surface area contributed by atoms with Gasteiger partial charge in [-0.3, -0.25) is 9.69 Å². The highest BCUT2D eigenvalue weighted by molar-refractivity contribution is 5.66. The first-order valence-corrected chi connectivity index (χ1v) is 7.41. The Morgan fingerprint density at radius 3 is 2.14 bits per heavy atom. The summed E-state index contributed by atoms with van der Waals surface area (Å²) in [4.78, 5) is 15.2. The van der Waals surface area contributed by atoms with Crippen LogP contribution in [-0.4, -0.2) is 58.7 Å². The normalized spacial score (nSPS) is 17.0. The molecule has 116 valence electrons. The van der Waals surface area contributed by atoms with Crippen molar-refractivity contribution in [1.29, 1.82) is 0 Å². The number of phenols is 1. The van der Waals surface area contributed by atoms with Gasteiger partial charge >= 0.3 is 5.97 Å². The minimum absolute atomic E-state index is 0.219. The molecule has 5 heteroatoms. The zero-order valence-corrected chi connectivity index (χ0v) is 12.8. The van der Waals surface area contributed by atoms with Crippen molar-refractivity contribution in [2.75, 3.05) is 32.7 Å². The second kappa shape index (κ2) is 6.91. The van der Waals surface area contributed by atoms with Crippen LogP contribution in [0.15, 0.2) is 12.1 Å². The van der Waals surface area contributed by atoms with E-state index in [1.807, 2.05) is 26.0 Å². The molecule has 1 aromatic rings. The van der Waals surface area contributed by atoms with Crippen LogP contribution in [0.5, 0.6) is 5.75 Å². The summed E-state index contributed by atoms with van der Waals surface area (Å²) in [7, 11) is 0. The largest absolute Gasteiger partial charge is 0.507 e. The van der Waals surface area contributed by atoms with Gasteiger partial charge in [-0.15, -0.1) is 0 Å². The van der Waals surface area contributed by atoms with Gasteiger partial charge in [0.2, 0.25) is 0 Å². The lowest BCUT2D eigenvalue weighted by Crippen LogP contribution is -2.46. The Kier molecular flexibility index (Phi) is 5.20. The molecule has 0 atom stereocenters. The van der Waals surface area contributed by atoms with E-state index in [2.05, 4.69) is 9.80 Å². The van der Waals surface area contributed by atoms with Crippen LogP contribution in [0, 0.1) is 13.8 Å². The molecular weight excluding hydrogens is 268 g/mol. The average molecular weight is 292 g/mol. The molecule has 0 radical (unpaired) electrons. The fourth-order valence-corrected chi connectivity index (χ4v) is 2.82. The van der Waals surface area contributed by atoms with E-state index in [1.54, 1.807) is 0 Å². The molecule has 1 heterocycles. The summed E-state index contributed by atoms with van der Waals surface area (Å²) in [6.45, 7) is 9.13. The number of carboxylic acid groups (broad SMARTS) is 1. The van der Waals surface area contributed by atoms with Crippen LogP contribution >= 0.6 is 0 Å². The van der Waals surface area contributed by atoms with Gasteiger partial charge in [-0.25, -0.2) is 0 Å². The van der Waals surface area contributed by atoms with Crippen LogP contribution in [0.25, 0.3) is 0 Å². The van der Waals surface area contributed by atoms with Gasteiger partial charge in [0.05, 0.1) is 6.42 Å². The zero-order chi connectivity index (χ0) is 15.4. The standard InChI is InChI=1S/C16H24N2O3/c1-12-9-14(10-13(2)16(12)21)11-18-7-5-17(6-8-18)4-3-15(19)20/h9-10,21H,3-8,11H2,1-2H3,(H,19,20). The highest BCUT2D eigenvalue weighted by Gasteiger charge is 2.17. The molecule has 0 saturated carbocycles. The molecule has 21 heavy (non-hydrogen) atoms. The number of carbonyl (C=O) groups is 1. The molecule has 0 amide bonds. The first kappa shape index (κ1) is 15.8. The fourth-order valence-electron chi connectivity index (χ4n) is 2.82. The van der Waals surface area contributed by atoms with Crippen molar-refractivity contribution < 1.29 is 15.0 Å². The van der Waals surface area contributed by atoms with Crippen LogP contribution in [-0.2, 0) is 11.3 Å². The Bertz CT molecular complexity index is 485. The van der Waals surface area contributed by atoms with Crippen LogP contribution in [0.3, 0.4) is 0 Å². The molecule has 0 aromatic heterocycles. The van der Waals surface area contributed by atoms with E-state index < -0.39 is 5.97 Å². The number of phenolic OH excluding ortho intramolecular Hbond substituents is 1. The van der Waals surface area contributed by atoms with Gasteiger partial charge in [-0.2, -0.15) is 0 Å². The second-order valence-corrected chi connectivity index (χ2v) is 5.84. The van der Waals surface area contributed by atoms with E-state index in [0.29, 0.717) is 12.3 Å². The third kappa shape index (κ3) is 4.44. The topological polar surface area (TPSA) is 64.0 Å². The summed E-state index contributed by atoms with van der Waals surface area (Å²) in [5, 5.41) is 18.5. The van der Waals surface area contributed by atoms with E-state index in [4.69, 9.17) is 5.11 Å². The van der Waals surface area contributed by atoms with Crippen molar-refractivity contribution in [1.82, 2.24) is 9.80 Å². The summed E-state index contributed by atoms with van der Waals surface area (Å²) in [5.74, 6) is -0.343. The number of rotatable bonds is 5. The number of aryl methyl sites for hydroxylation is 2. The van der Waals surface area contributed by atoms with E-state index in [1.165, 1.54) is 5.56 Å². The summed E-state index contributed by atoms with van der Waals surface area (Å²) in [5.41, 5.74) is 3.07. The number of nitrogens with zero attached hydrogens (tertiary/aromatic N) is 2. The molecule has 0 aliphatic carbocycles. The minimum atomic E-state index is -0.729. The first-order valence-electron chi connectivity index (χ1n) is 7.41. The third-order valence-electron chi connectivity index (χ3n) is 4.06. The first-order chi connectivity index (χ1) is 9.95. The summed E-state index contributed by atoms with van der Waals surface area (Å²) < 4.78 is 0. The number of hydrogen-bond acceptors (Lipinski definition) is 4. The van der Waals surface area contributed by atoms with Crippen LogP contribution in [0.2, 0.25) is 0 Å². The highest BCUT2D eigenvalue weighted by atomic mass is 16.4. The molecule has 2 N–H and O–H groups in total. The summed E-state index contributed by atoms with van der Waals surface area (Å²) in [6.07, 6.45) is 0.219. The van der Waals surface area contributed by atoms with Crippen molar-refractivity contribution in [2.45, 2.75) is 26.8 Å². The van der Waals surface area contributed by atoms with Crippen LogP contribution in [0.4, 0.5) is 0 Å². The molecule has 1 aliphatic heterocycles. The summed E-state index contributed by atoms with van der Waals surface area (Å²) in [6, 6.07) is 4.08. The molecule has 1 aliphatic rings. The number of benzene rings is 1. The van der Waals surface area contributed by atoms with Gasteiger partial charge in [-0.1, -0.05) is 12.1 Å². The summed E-state index contributed by atoms with van der Waals surface area (Å²) >= 11 is 0. The Morgan fingerprint density at radius 2 is 1.62 bits per heavy atom. The smallest absolute Gasteiger partial charge is 0.304 e. The van der Waals surface area contributed by atoms with Gasteiger partial charge in [0.15, 0.2) is 0 Å². The Labute approximate surface area is 125 Å². The monoisotopic (exact) mass is 292 g/mol. The quantitative estimate of drug-likeness (QED) is 0.863.